The first kappa shape index (κ1) is 22.7. The van der Waals surface area contributed by atoms with E-state index in [1.807, 2.05) is 0 Å². The van der Waals surface area contributed by atoms with Crippen LogP contribution in [0.4, 0.5) is 0 Å². The highest BCUT2D eigenvalue weighted by atomic mass is 35.5. The van der Waals surface area contributed by atoms with Crippen LogP contribution in [0, 0.1) is 6.92 Å². The number of likely N-dealkylation sites (tertiary alicyclic amines) is 1. The number of ketones is 1. The molecule has 1 aliphatic rings. The maximum atomic E-state index is 13.0. The van der Waals surface area contributed by atoms with Crippen LogP contribution in [0.5, 0.6) is 11.5 Å². The molecule has 0 saturated carbocycles. The molecule has 1 amide bonds. The summed E-state index contributed by atoms with van der Waals surface area (Å²) in [5.74, 6) is -0.987. The van der Waals surface area contributed by atoms with E-state index < -0.39 is 17.7 Å². The largest absolute Gasteiger partial charge is 0.507 e. The molecule has 7 nitrogen and oxygen atoms in total. The number of amides is 1. The second-order valence-corrected chi connectivity index (χ2v) is 7.49. The first-order chi connectivity index (χ1) is 14.8. The molecular formula is C23H24ClNO6. The molecule has 8 heteroatoms. The zero-order chi connectivity index (χ0) is 22.7. The normalized spacial score (nSPS) is 17.8. The number of benzene rings is 2. The van der Waals surface area contributed by atoms with E-state index in [4.69, 9.17) is 25.8 Å². The molecule has 164 valence electrons. The van der Waals surface area contributed by atoms with E-state index in [0.29, 0.717) is 16.3 Å². The highest BCUT2D eigenvalue weighted by molar-refractivity contribution is 6.46. The molecule has 0 spiro atoms. The van der Waals surface area contributed by atoms with Crippen molar-refractivity contribution < 1.29 is 28.9 Å². The second-order valence-electron chi connectivity index (χ2n) is 7.09. The van der Waals surface area contributed by atoms with Crippen molar-refractivity contribution in [3.8, 4) is 11.5 Å². The number of hydrogen-bond acceptors (Lipinski definition) is 6. The summed E-state index contributed by atoms with van der Waals surface area (Å²) >= 11 is 6.28. The van der Waals surface area contributed by atoms with Crippen LogP contribution in [0.3, 0.4) is 0 Å². The van der Waals surface area contributed by atoms with Gasteiger partial charge in [0, 0.05) is 13.7 Å². The average Bonchev–Trinajstić information content (AvgIpc) is 3.01. The second kappa shape index (κ2) is 9.41. The first-order valence-corrected chi connectivity index (χ1v) is 9.97. The van der Waals surface area contributed by atoms with Crippen LogP contribution in [0.25, 0.3) is 5.76 Å². The predicted molar refractivity (Wildman–Crippen MR) is 117 cm³/mol. The lowest BCUT2D eigenvalue weighted by atomic mass is 9.94. The number of aliphatic hydroxyl groups excluding tert-OH is 1. The number of halogens is 1. The Morgan fingerprint density at radius 2 is 1.77 bits per heavy atom. The Morgan fingerprint density at radius 1 is 1.10 bits per heavy atom. The smallest absolute Gasteiger partial charge is 0.295 e. The van der Waals surface area contributed by atoms with E-state index in [2.05, 4.69) is 0 Å². The number of Topliss-reactive ketones (excluding diaryl/α,β-unsaturated/α-hetero) is 1. The molecule has 0 radical (unpaired) electrons. The van der Waals surface area contributed by atoms with E-state index in [9.17, 15) is 14.7 Å². The molecule has 2 aromatic rings. The summed E-state index contributed by atoms with van der Waals surface area (Å²) in [6.45, 7) is 2.22. The molecule has 1 saturated heterocycles. The van der Waals surface area contributed by atoms with Crippen LogP contribution in [0.1, 0.15) is 22.7 Å². The van der Waals surface area contributed by atoms with Gasteiger partial charge < -0.3 is 24.2 Å². The standard InChI is InChI=1S/C23H24ClNO6/c1-13-11-16(22(31-4)17(24)12-13)20(26)18-19(14-5-7-15(30-3)8-6-14)25(9-10-29-2)23(28)21(18)27/h5-8,11-12,19,26H,9-10H2,1-4H3/b20-18+. The van der Waals surface area contributed by atoms with E-state index in [1.165, 1.54) is 19.1 Å². The Hall–Kier alpha value is -3.03. The molecule has 1 N–H and O–H groups in total. The quantitative estimate of drug-likeness (QED) is 0.397. The van der Waals surface area contributed by atoms with E-state index in [1.54, 1.807) is 50.4 Å². The van der Waals surface area contributed by atoms with Gasteiger partial charge in [-0.1, -0.05) is 23.7 Å². The third-order valence-corrected chi connectivity index (χ3v) is 5.44. The van der Waals surface area contributed by atoms with Gasteiger partial charge in [-0.2, -0.15) is 0 Å². The number of carbonyl (C=O) groups is 2. The zero-order valence-electron chi connectivity index (χ0n) is 17.8. The molecule has 1 heterocycles. The molecule has 1 atom stereocenters. The predicted octanol–water partition coefficient (Wildman–Crippen LogP) is 3.73. The van der Waals surface area contributed by atoms with Crippen molar-refractivity contribution in [1.82, 2.24) is 4.90 Å². The molecule has 2 aromatic carbocycles. The van der Waals surface area contributed by atoms with Gasteiger partial charge in [-0.05, 0) is 42.3 Å². The van der Waals surface area contributed by atoms with Gasteiger partial charge in [0.25, 0.3) is 11.7 Å². The Labute approximate surface area is 185 Å². The summed E-state index contributed by atoms with van der Waals surface area (Å²) in [5, 5.41) is 11.5. The molecule has 0 bridgehead atoms. The zero-order valence-corrected chi connectivity index (χ0v) is 18.5. The molecule has 1 aliphatic heterocycles. The molecule has 1 unspecified atom stereocenters. The summed E-state index contributed by atoms with van der Waals surface area (Å²) in [6.07, 6.45) is 0. The fourth-order valence-electron chi connectivity index (χ4n) is 3.69. The van der Waals surface area contributed by atoms with Gasteiger partial charge in [-0.25, -0.2) is 0 Å². The average molecular weight is 446 g/mol. The lowest BCUT2D eigenvalue weighted by Crippen LogP contribution is -2.32. The van der Waals surface area contributed by atoms with Gasteiger partial charge in [-0.3, -0.25) is 9.59 Å². The number of nitrogens with zero attached hydrogens (tertiary/aromatic N) is 1. The van der Waals surface area contributed by atoms with E-state index in [0.717, 1.165) is 5.56 Å². The number of rotatable bonds is 7. The SMILES string of the molecule is COCCN1C(=O)C(=O)/C(=C(/O)c2cc(C)cc(Cl)c2OC)C1c1ccc(OC)cc1. The van der Waals surface area contributed by atoms with Crippen LogP contribution < -0.4 is 9.47 Å². The maximum Gasteiger partial charge on any atom is 0.295 e. The number of aliphatic hydroxyl groups is 1. The fraction of sp³-hybridized carbons (Fsp3) is 0.304. The van der Waals surface area contributed by atoms with Crippen LogP contribution >= 0.6 is 11.6 Å². The summed E-state index contributed by atoms with van der Waals surface area (Å²) in [4.78, 5) is 27.3. The van der Waals surface area contributed by atoms with Gasteiger partial charge in [0.1, 0.15) is 17.3 Å². The monoisotopic (exact) mass is 445 g/mol. The lowest BCUT2D eigenvalue weighted by molar-refractivity contribution is -0.140. The highest BCUT2D eigenvalue weighted by Crippen LogP contribution is 2.42. The number of ether oxygens (including phenoxy) is 3. The van der Waals surface area contributed by atoms with Gasteiger partial charge in [0.15, 0.2) is 0 Å². The highest BCUT2D eigenvalue weighted by Gasteiger charge is 2.46. The summed E-state index contributed by atoms with van der Waals surface area (Å²) in [5.41, 5.74) is 1.62. The first-order valence-electron chi connectivity index (χ1n) is 9.59. The minimum Gasteiger partial charge on any atom is -0.507 e. The van der Waals surface area contributed by atoms with Crippen molar-refractivity contribution in [2.75, 3.05) is 34.5 Å². The fourth-order valence-corrected chi connectivity index (χ4v) is 4.04. The van der Waals surface area contributed by atoms with Crippen LogP contribution in [0.15, 0.2) is 42.0 Å². The number of carbonyl (C=O) groups excluding carboxylic acids is 2. The van der Waals surface area contributed by atoms with Gasteiger partial charge in [0.05, 0.1) is 43.0 Å². The van der Waals surface area contributed by atoms with Gasteiger partial charge in [0.2, 0.25) is 0 Å². The summed E-state index contributed by atoms with van der Waals surface area (Å²) < 4.78 is 15.7. The molecular weight excluding hydrogens is 422 g/mol. The van der Waals surface area contributed by atoms with Crippen molar-refractivity contribution >= 4 is 29.1 Å². The molecule has 0 aliphatic carbocycles. The van der Waals surface area contributed by atoms with Crippen molar-refractivity contribution in [1.29, 1.82) is 0 Å². The van der Waals surface area contributed by atoms with E-state index >= 15 is 0 Å². The molecule has 3 rings (SSSR count). The van der Waals surface area contributed by atoms with Crippen molar-refractivity contribution in [3.63, 3.8) is 0 Å². The Balaban J connectivity index is 2.24. The van der Waals surface area contributed by atoms with Crippen molar-refractivity contribution in [2.24, 2.45) is 0 Å². The topological polar surface area (TPSA) is 85.3 Å². The Morgan fingerprint density at radius 3 is 2.35 bits per heavy atom. The van der Waals surface area contributed by atoms with E-state index in [-0.39, 0.29) is 35.8 Å². The number of methoxy groups -OCH3 is 3. The Kier molecular flexibility index (Phi) is 6.87. The minimum atomic E-state index is -0.801. The van der Waals surface area contributed by atoms with Crippen molar-refractivity contribution in [3.05, 3.63) is 63.7 Å². The van der Waals surface area contributed by atoms with Gasteiger partial charge >= 0.3 is 0 Å². The van der Waals surface area contributed by atoms with Crippen LogP contribution in [0.2, 0.25) is 5.02 Å². The van der Waals surface area contributed by atoms with Crippen molar-refractivity contribution in [2.45, 2.75) is 13.0 Å². The maximum absolute atomic E-state index is 13.0. The third kappa shape index (κ3) is 4.24. The van der Waals surface area contributed by atoms with Crippen LogP contribution in [-0.4, -0.2) is 56.2 Å². The minimum absolute atomic E-state index is 0.0359. The Bertz CT molecular complexity index is 1030. The number of hydrogen-bond donors (Lipinski definition) is 1. The van der Waals surface area contributed by atoms with Gasteiger partial charge in [-0.15, -0.1) is 0 Å². The molecule has 0 aromatic heterocycles. The molecule has 31 heavy (non-hydrogen) atoms. The summed E-state index contributed by atoms with van der Waals surface area (Å²) in [7, 11) is 4.48. The lowest BCUT2D eigenvalue weighted by Gasteiger charge is -2.25. The summed E-state index contributed by atoms with van der Waals surface area (Å²) in [6, 6.07) is 9.52. The third-order valence-electron chi connectivity index (χ3n) is 5.16. The van der Waals surface area contributed by atoms with Crippen LogP contribution in [-0.2, 0) is 14.3 Å². The number of aryl methyl sites for hydroxylation is 1. The molecule has 1 fully saturated rings.